The number of benzene rings is 2. The highest BCUT2D eigenvalue weighted by Gasteiger charge is 2.08. The van der Waals surface area contributed by atoms with Crippen LogP contribution in [0.2, 0.25) is 10.0 Å². The van der Waals surface area contributed by atoms with E-state index in [1.165, 1.54) is 0 Å². The van der Waals surface area contributed by atoms with E-state index in [4.69, 9.17) is 23.2 Å². The third-order valence-corrected chi connectivity index (χ3v) is 4.46. The summed E-state index contributed by atoms with van der Waals surface area (Å²) >= 11 is 12.2. The van der Waals surface area contributed by atoms with Crippen LogP contribution in [0, 0.1) is 0 Å². The minimum absolute atomic E-state index is 0.0220. The topological polar surface area (TPSA) is 82.9 Å². The first-order valence-electron chi connectivity index (χ1n) is 8.54. The molecule has 0 saturated heterocycles. The van der Waals surface area contributed by atoms with E-state index < -0.39 is 0 Å². The number of nitrogens with one attached hydrogen (secondary N) is 2. The Labute approximate surface area is 173 Å². The Morgan fingerprint density at radius 2 is 1.11 bits per heavy atom. The number of hydrogen-bond acceptors (Lipinski definition) is 4. The predicted molar refractivity (Wildman–Crippen MR) is 113 cm³/mol. The minimum Gasteiger partial charge on any atom is -0.273 e. The lowest BCUT2D eigenvalue weighted by Crippen LogP contribution is -2.24. The molecule has 0 fully saturated rings. The molecule has 28 heavy (non-hydrogen) atoms. The molecule has 0 spiro atoms. The molecule has 2 aromatic carbocycles. The van der Waals surface area contributed by atoms with Crippen LogP contribution in [-0.4, -0.2) is 23.2 Å². The zero-order chi connectivity index (χ0) is 20.5. The molecule has 2 N–H and O–H groups in total. The summed E-state index contributed by atoms with van der Waals surface area (Å²) in [6.07, 6.45) is -0.0441. The average Bonchev–Trinajstić information content (AvgIpc) is 2.69. The summed E-state index contributed by atoms with van der Waals surface area (Å²) in [6, 6.07) is 14.4. The fraction of sp³-hybridized carbons (Fsp3) is 0.200. The van der Waals surface area contributed by atoms with Crippen LogP contribution in [-0.2, 0) is 9.59 Å². The van der Waals surface area contributed by atoms with Crippen molar-refractivity contribution in [2.45, 2.75) is 26.7 Å². The van der Waals surface area contributed by atoms with Crippen LogP contribution in [0.15, 0.2) is 58.7 Å². The molecule has 0 aliphatic rings. The van der Waals surface area contributed by atoms with Crippen LogP contribution in [0.25, 0.3) is 0 Å². The smallest absolute Gasteiger partial charge is 0.240 e. The fourth-order valence-electron chi connectivity index (χ4n) is 2.26. The third kappa shape index (κ3) is 6.48. The maximum atomic E-state index is 11.9. The molecule has 2 amide bonds. The Morgan fingerprint density at radius 1 is 0.750 bits per heavy atom. The molecule has 146 valence electrons. The summed E-state index contributed by atoms with van der Waals surface area (Å²) < 4.78 is 0. The molecule has 8 heteroatoms. The Morgan fingerprint density at radius 3 is 1.46 bits per heavy atom. The second kappa shape index (κ2) is 10.6. The van der Waals surface area contributed by atoms with Gasteiger partial charge in [0.2, 0.25) is 11.8 Å². The lowest BCUT2D eigenvalue weighted by Gasteiger charge is -2.05. The number of nitrogens with zero attached hydrogens (tertiary/aromatic N) is 2. The molecule has 0 atom stereocenters. The molecular weight excluding hydrogens is 399 g/mol. The third-order valence-electron chi connectivity index (χ3n) is 3.80. The number of carbonyl (C=O) groups is 2. The zero-order valence-corrected chi connectivity index (χ0v) is 17.0. The molecule has 0 heterocycles. The standard InChI is InChI=1S/C20H20Cl2N4O2/c1-13(15-7-3-5-9-17(15)21)23-25-19(27)11-12-20(28)26-24-14(2)16-8-4-6-10-18(16)22/h3-10H,11-12H2,1-2H3,(H,25,27)(H,26,28). The molecule has 6 nitrogen and oxygen atoms in total. The van der Waals surface area contributed by atoms with E-state index in [9.17, 15) is 9.59 Å². The first-order chi connectivity index (χ1) is 13.4. The van der Waals surface area contributed by atoms with Crippen molar-refractivity contribution < 1.29 is 9.59 Å². The van der Waals surface area contributed by atoms with Crippen molar-refractivity contribution in [1.82, 2.24) is 10.9 Å². The maximum absolute atomic E-state index is 11.9. The van der Waals surface area contributed by atoms with Gasteiger partial charge in [0.1, 0.15) is 0 Å². The molecule has 0 unspecified atom stereocenters. The van der Waals surface area contributed by atoms with E-state index in [1.54, 1.807) is 38.1 Å². The summed E-state index contributed by atoms with van der Waals surface area (Å²) in [5.74, 6) is -0.762. The van der Waals surface area contributed by atoms with Gasteiger partial charge in [0.05, 0.1) is 11.4 Å². The van der Waals surface area contributed by atoms with Gasteiger partial charge < -0.3 is 0 Å². The number of carbonyl (C=O) groups excluding carboxylic acids is 2. The molecule has 0 saturated carbocycles. The Hall–Kier alpha value is -2.70. The van der Waals surface area contributed by atoms with Gasteiger partial charge in [-0.2, -0.15) is 10.2 Å². The van der Waals surface area contributed by atoms with E-state index in [0.29, 0.717) is 21.5 Å². The van der Waals surface area contributed by atoms with Crippen molar-refractivity contribution in [3.05, 3.63) is 69.7 Å². The molecule has 2 rings (SSSR count). The summed E-state index contributed by atoms with van der Waals surface area (Å²) in [7, 11) is 0. The summed E-state index contributed by atoms with van der Waals surface area (Å²) in [5.41, 5.74) is 7.44. The predicted octanol–water partition coefficient (Wildman–Crippen LogP) is 4.15. The van der Waals surface area contributed by atoms with Crippen LogP contribution >= 0.6 is 23.2 Å². The van der Waals surface area contributed by atoms with E-state index in [0.717, 1.165) is 11.1 Å². The highest BCUT2D eigenvalue weighted by atomic mass is 35.5. The van der Waals surface area contributed by atoms with Crippen molar-refractivity contribution in [1.29, 1.82) is 0 Å². The number of hydrazone groups is 2. The minimum atomic E-state index is -0.381. The van der Waals surface area contributed by atoms with E-state index in [1.807, 2.05) is 24.3 Å². The van der Waals surface area contributed by atoms with Gasteiger partial charge in [-0.1, -0.05) is 59.6 Å². The lowest BCUT2D eigenvalue weighted by atomic mass is 10.1. The van der Waals surface area contributed by atoms with Crippen molar-refractivity contribution in [3.63, 3.8) is 0 Å². The van der Waals surface area contributed by atoms with Gasteiger partial charge in [-0.3, -0.25) is 9.59 Å². The fourth-order valence-corrected chi connectivity index (χ4v) is 2.81. The molecule has 0 aromatic heterocycles. The molecule has 0 bridgehead atoms. The van der Waals surface area contributed by atoms with Crippen LogP contribution in [0.3, 0.4) is 0 Å². The normalized spacial score (nSPS) is 11.9. The van der Waals surface area contributed by atoms with Gasteiger partial charge in [0.15, 0.2) is 0 Å². The van der Waals surface area contributed by atoms with Crippen molar-refractivity contribution in [2.24, 2.45) is 10.2 Å². The van der Waals surface area contributed by atoms with Crippen LogP contribution in [0.5, 0.6) is 0 Å². The molecule has 0 radical (unpaired) electrons. The van der Waals surface area contributed by atoms with E-state index in [-0.39, 0.29) is 24.7 Å². The Balaban J connectivity index is 1.82. The SMILES string of the molecule is CC(=NNC(=O)CCC(=O)NN=C(C)c1ccccc1Cl)c1ccccc1Cl. The number of halogens is 2. The van der Waals surface area contributed by atoms with Gasteiger partial charge in [-0.25, -0.2) is 10.9 Å². The molecule has 0 aliphatic carbocycles. The van der Waals surface area contributed by atoms with Gasteiger partial charge in [0, 0.05) is 34.0 Å². The van der Waals surface area contributed by atoms with Gasteiger partial charge in [0.25, 0.3) is 0 Å². The highest BCUT2D eigenvalue weighted by Crippen LogP contribution is 2.16. The first-order valence-corrected chi connectivity index (χ1v) is 9.30. The Bertz CT molecular complexity index is 850. The number of hydrogen-bond donors (Lipinski definition) is 2. The van der Waals surface area contributed by atoms with Gasteiger partial charge in [-0.05, 0) is 26.0 Å². The number of amides is 2. The molecular formula is C20H20Cl2N4O2. The molecule has 2 aromatic rings. The highest BCUT2D eigenvalue weighted by molar-refractivity contribution is 6.34. The van der Waals surface area contributed by atoms with Crippen LogP contribution in [0.4, 0.5) is 0 Å². The monoisotopic (exact) mass is 418 g/mol. The maximum Gasteiger partial charge on any atom is 0.240 e. The number of rotatable bonds is 7. The van der Waals surface area contributed by atoms with Gasteiger partial charge >= 0.3 is 0 Å². The molecule has 0 aliphatic heterocycles. The van der Waals surface area contributed by atoms with Crippen molar-refractivity contribution in [3.8, 4) is 0 Å². The largest absolute Gasteiger partial charge is 0.273 e. The second-order valence-corrected chi connectivity index (χ2v) is 6.74. The van der Waals surface area contributed by atoms with Crippen LogP contribution < -0.4 is 10.9 Å². The first kappa shape index (κ1) is 21.6. The van der Waals surface area contributed by atoms with Crippen molar-refractivity contribution in [2.75, 3.05) is 0 Å². The van der Waals surface area contributed by atoms with Gasteiger partial charge in [-0.15, -0.1) is 0 Å². The van der Waals surface area contributed by atoms with E-state index in [2.05, 4.69) is 21.1 Å². The second-order valence-electron chi connectivity index (χ2n) is 5.92. The van der Waals surface area contributed by atoms with Crippen molar-refractivity contribution >= 4 is 46.4 Å². The van der Waals surface area contributed by atoms with Crippen LogP contribution in [0.1, 0.15) is 37.8 Å². The zero-order valence-electron chi connectivity index (χ0n) is 15.5. The quantitative estimate of drug-likeness (QED) is 0.522. The summed E-state index contributed by atoms with van der Waals surface area (Å²) in [6.45, 7) is 3.47. The Kier molecular flexibility index (Phi) is 8.17. The van der Waals surface area contributed by atoms with E-state index >= 15 is 0 Å². The average molecular weight is 419 g/mol. The lowest BCUT2D eigenvalue weighted by molar-refractivity contribution is -0.126. The summed E-state index contributed by atoms with van der Waals surface area (Å²) in [5, 5.41) is 9.12. The summed E-state index contributed by atoms with van der Waals surface area (Å²) in [4.78, 5) is 23.8.